The summed E-state index contributed by atoms with van der Waals surface area (Å²) in [5.41, 5.74) is 6.06. The lowest BCUT2D eigenvalue weighted by atomic mass is 10.1. The molecule has 25 heavy (non-hydrogen) atoms. The topological polar surface area (TPSA) is 63.6 Å². The summed E-state index contributed by atoms with van der Waals surface area (Å²) in [7, 11) is 0. The van der Waals surface area contributed by atoms with E-state index in [2.05, 4.69) is 50.6 Å². The zero-order chi connectivity index (χ0) is 16.6. The Morgan fingerprint density at radius 1 is 1.12 bits per heavy atom. The molecule has 5 rings (SSSR count). The summed E-state index contributed by atoms with van der Waals surface area (Å²) in [6, 6.07) is 10.3. The van der Waals surface area contributed by atoms with Crippen LogP contribution in [0, 0.1) is 0 Å². The van der Waals surface area contributed by atoms with Gasteiger partial charge < -0.3 is 5.32 Å². The zero-order valence-corrected chi connectivity index (χ0v) is 14.0. The van der Waals surface area contributed by atoms with E-state index in [-0.39, 0.29) is 0 Å². The third-order valence-corrected chi connectivity index (χ3v) is 4.94. The zero-order valence-electron chi connectivity index (χ0n) is 13.2. The number of fused-ring (bicyclic) bond motifs is 2. The van der Waals surface area contributed by atoms with Crippen molar-refractivity contribution in [2.24, 2.45) is 0 Å². The monoisotopic (exact) mass is 343 g/mol. The number of rotatable bonds is 3. The van der Waals surface area contributed by atoms with Gasteiger partial charge in [-0.15, -0.1) is 11.3 Å². The molecule has 5 nitrogen and oxygen atoms in total. The highest BCUT2D eigenvalue weighted by molar-refractivity contribution is 7.13. The van der Waals surface area contributed by atoms with Crippen molar-refractivity contribution in [1.82, 2.24) is 19.9 Å². The van der Waals surface area contributed by atoms with Gasteiger partial charge in [-0.3, -0.25) is 4.98 Å². The first kappa shape index (κ1) is 14.2. The van der Waals surface area contributed by atoms with E-state index in [1.807, 2.05) is 12.1 Å². The second-order valence-corrected chi connectivity index (χ2v) is 6.67. The first-order chi connectivity index (χ1) is 12.4. The van der Waals surface area contributed by atoms with E-state index < -0.39 is 0 Å². The molecule has 1 N–H and O–H groups in total. The number of hydrogen-bond acceptors (Lipinski definition) is 6. The fourth-order valence-corrected chi connectivity index (χ4v) is 3.51. The van der Waals surface area contributed by atoms with Crippen molar-refractivity contribution in [3.8, 4) is 10.7 Å². The smallest absolute Gasteiger partial charge is 0.175 e. The van der Waals surface area contributed by atoms with E-state index in [0.717, 1.165) is 28.2 Å². The number of allylic oxidation sites excluding steroid dienone is 1. The molecule has 0 aliphatic heterocycles. The van der Waals surface area contributed by atoms with E-state index in [1.165, 1.54) is 22.5 Å². The van der Waals surface area contributed by atoms with Crippen LogP contribution in [0.25, 0.3) is 27.8 Å². The van der Waals surface area contributed by atoms with Gasteiger partial charge in [-0.1, -0.05) is 18.2 Å². The molecule has 1 aliphatic rings. The summed E-state index contributed by atoms with van der Waals surface area (Å²) in [4.78, 5) is 18.7. The fourth-order valence-electron chi connectivity index (χ4n) is 2.96. The Hall–Kier alpha value is -3.12. The van der Waals surface area contributed by atoms with Gasteiger partial charge in [-0.25, -0.2) is 15.0 Å². The number of anilines is 2. The maximum atomic E-state index is 4.72. The average molecular weight is 343 g/mol. The highest BCUT2D eigenvalue weighted by Gasteiger charge is 2.12. The Morgan fingerprint density at radius 3 is 3.04 bits per heavy atom. The minimum Gasteiger partial charge on any atom is -0.340 e. The van der Waals surface area contributed by atoms with E-state index >= 15 is 0 Å². The van der Waals surface area contributed by atoms with Crippen LogP contribution >= 0.6 is 11.3 Å². The van der Waals surface area contributed by atoms with Crippen LogP contribution in [0.1, 0.15) is 11.1 Å². The Balaban J connectivity index is 1.63. The minimum atomic E-state index is 0.636. The van der Waals surface area contributed by atoms with Crippen LogP contribution in [-0.2, 0) is 6.42 Å². The summed E-state index contributed by atoms with van der Waals surface area (Å²) in [6.07, 6.45) is 8.86. The van der Waals surface area contributed by atoms with Crippen molar-refractivity contribution in [3.63, 3.8) is 0 Å². The molecule has 3 heterocycles. The van der Waals surface area contributed by atoms with Gasteiger partial charge in [0.05, 0.1) is 15.8 Å². The number of thiazole rings is 1. The summed E-state index contributed by atoms with van der Waals surface area (Å²) in [6.45, 7) is 0. The minimum absolute atomic E-state index is 0.636. The Labute approximate surface area is 148 Å². The number of hydrogen-bond donors (Lipinski definition) is 1. The molecule has 0 bridgehead atoms. The Kier molecular flexibility index (Phi) is 3.28. The van der Waals surface area contributed by atoms with Gasteiger partial charge in [-0.2, -0.15) is 0 Å². The first-order valence-corrected chi connectivity index (χ1v) is 8.83. The van der Waals surface area contributed by atoms with Crippen molar-refractivity contribution in [3.05, 3.63) is 65.4 Å². The third-order valence-electron chi connectivity index (χ3n) is 4.17. The predicted molar refractivity (Wildman–Crippen MR) is 101 cm³/mol. The molecular weight excluding hydrogens is 330 g/mol. The van der Waals surface area contributed by atoms with Gasteiger partial charge in [0.15, 0.2) is 11.5 Å². The number of pyridine rings is 1. The van der Waals surface area contributed by atoms with Crippen LogP contribution in [0.5, 0.6) is 0 Å². The van der Waals surface area contributed by atoms with Gasteiger partial charge >= 0.3 is 0 Å². The quantitative estimate of drug-likeness (QED) is 0.595. The molecule has 0 saturated heterocycles. The van der Waals surface area contributed by atoms with Crippen molar-refractivity contribution < 1.29 is 0 Å². The summed E-state index contributed by atoms with van der Waals surface area (Å²) >= 11 is 1.52. The van der Waals surface area contributed by atoms with Crippen molar-refractivity contribution in [1.29, 1.82) is 0 Å². The van der Waals surface area contributed by atoms with Crippen LogP contribution in [0.15, 0.2) is 54.3 Å². The molecule has 0 atom stereocenters. The molecule has 0 saturated carbocycles. The van der Waals surface area contributed by atoms with E-state index in [1.54, 1.807) is 17.9 Å². The van der Waals surface area contributed by atoms with E-state index in [4.69, 9.17) is 4.98 Å². The van der Waals surface area contributed by atoms with Crippen LogP contribution < -0.4 is 5.32 Å². The second-order valence-electron chi connectivity index (χ2n) is 5.78. The summed E-state index contributed by atoms with van der Waals surface area (Å²) < 4.78 is 0. The number of aromatic nitrogens is 4. The maximum absolute atomic E-state index is 4.72. The van der Waals surface area contributed by atoms with Crippen LogP contribution in [-0.4, -0.2) is 19.9 Å². The van der Waals surface area contributed by atoms with Crippen molar-refractivity contribution >= 4 is 40.0 Å². The van der Waals surface area contributed by atoms with Crippen LogP contribution in [0.2, 0.25) is 0 Å². The molecular formula is C19H13N5S. The van der Waals surface area contributed by atoms with E-state index in [9.17, 15) is 0 Å². The largest absolute Gasteiger partial charge is 0.340 e. The summed E-state index contributed by atoms with van der Waals surface area (Å²) in [5, 5.41) is 4.33. The van der Waals surface area contributed by atoms with Crippen LogP contribution in [0.4, 0.5) is 11.5 Å². The highest BCUT2D eigenvalue weighted by atomic mass is 32.1. The second kappa shape index (κ2) is 5.75. The lowest BCUT2D eigenvalue weighted by Crippen LogP contribution is -2.00. The summed E-state index contributed by atoms with van der Waals surface area (Å²) in [5.74, 6) is 1.39. The van der Waals surface area contributed by atoms with Crippen LogP contribution in [0.3, 0.4) is 0 Å². The maximum Gasteiger partial charge on any atom is 0.175 e. The number of nitrogens with one attached hydrogen (secondary N) is 1. The molecule has 0 radical (unpaired) electrons. The Bertz CT molecular complexity index is 1100. The molecule has 0 unspecified atom stereocenters. The molecule has 0 fully saturated rings. The number of nitrogens with zero attached hydrogens (tertiary/aromatic N) is 4. The molecule has 4 aromatic rings. The fraction of sp³-hybridized carbons (Fsp3) is 0.0526. The van der Waals surface area contributed by atoms with Gasteiger partial charge in [0.25, 0.3) is 0 Å². The molecule has 1 aliphatic carbocycles. The SMILES string of the molecule is C1=Cc2cc(Nc3nc(-c4cncs4)nc4ncccc34)ccc2C1. The third kappa shape index (κ3) is 2.56. The standard InChI is InChI=1S/C19H13N5S/c1-3-12-6-7-14(9-13(12)4-1)22-18-15-5-2-8-21-17(15)23-19(24-18)16-10-20-11-25-16/h1-2,4-11H,3H2,(H,21,22,23,24). The molecule has 6 heteroatoms. The molecule has 1 aromatic carbocycles. The van der Waals surface area contributed by atoms with Gasteiger partial charge in [0, 0.05) is 18.1 Å². The molecule has 3 aromatic heterocycles. The van der Waals surface area contributed by atoms with Crippen molar-refractivity contribution in [2.75, 3.05) is 5.32 Å². The van der Waals surface area contributed by atoms with E-state index in [0.29, 0.717) is 11.5 Å². The molecule has 0 spiro atoms. The molecule has 120 valence electrons. The number of benzene rings is 1. The lowest BCUT2D eigenvalue weighted by molar-refractivity contribution is 1.19. The lowest BCUT2D eigenvalue weighted by Gasteiger charge is -2.11. The van der Waals surface area contributed by atoms with Gasteiger partial charge in [-0.05, 0) is 41.8 Å². The van der Waals surface area contributed by atoms with Gasteiger partial charge in [0.1, 0.15) is 5.82 Å². The van der Waals surface area contributed by atoms with Gasteiger partial charge in [0.2, 0.25) is 0 Å². The normalized spacial score (nSPS) is 12.5. The Morgan fingerprint density at radius 2 is 2.12 bits per heavy atom. The molecule has 0 amide bonds. The highest BCUT2D eigenvalue weighted by Crippen LogP contribution is 2.29. The predicted octanol–water partition coefficient (Wildman–Crippen LogP) is 4.46. The van der Waals surface area contributed by atoms with Crippen molar-refractivity contribution in [2.45, 2.75) is 6.42 Å². The first-order valence-electron chi connectivity index (χ1n) is 7.95. The average Bonchev–Trinajstić information content (AvgIpc) is 3.33.